The van der Waals surface area contributed by atoms with Gasteiger partial charge in [0.25, 0.3) is 5.91 Å². The number of aromatic hydroxyl groups is 1. The Kier molecular flexibility index (Phi) is 5.77. The van der Waals surface area contributed by atoms with E-state index in [0.29, 0.717) is 31.7 Å². The molecule has 0 saturated carbocycles. The average Bonchev–Trinajstić information content (AvgIpc) is 2.53. The maximum absolute atomic E-state index is 12.5. The molecule has 1 aliphatic heterocycles. The predicted molar refractivity (Wildman–Crippen MR) is 93.0 cm³/mol. The van der Waals surface area contributed by atoms with E-state index in [1.165, 1.54) is 13.2 Å². The number of benzene rings is 1. The smallest absolute Gasteiger partial charge is 0.407 e. The highest BCUT2D eigenvalue weighted by molar-refractivity contribution is 5.97. The number of hydrogen-bond donors (Lipinski definition) is 2. The lowest BCUT2D eigenvalue weighted by Gasteiger charge is -2.33. The molecule has 2 amide bonds. The number of ether oxygens (including phenoxy) is 2. The molecule has 0 atom stereocenters. The van der Waals surface area contributed by atoms with Crippen molar-refractivity contribution >= 4 is 12.0 Å². The van der Waals surface area contributed by atoms with Gasteiger partial charge in [-0.2, -0.15) is 0 Å². The van der Waals surface area contributed by atoms with Crippen LogP contribution < -0.4 is 10.1 Å². The SMILES string of the molecule is COc1ccc(C(=O)N2CCC(NC(=O)OC(C)(C)C)CC2)c(O)c1. The van der Waals surface area contributed by atoms with Crippen LogP contribution in [0.1, 0.15) is 44.0 Å². The molecular weight excluding hydrogens is 324 g/mol. The molecule has 138 valence electrons. The normalized spacial score (nSPS) is 15.6. The molecule has 7 nitrogen and oxygen atoms in total. The number of piperidine rings is 1. The fourth-order valence-corrected chi connectivity index (χ4v) is 2.69. The Labute approximate surface area is 147 Å². The fourth-order valence-electron chi connectivity index (χ4n) is 2.69. The molecule has 0 bridgehead atoms. The number of nitrogens with one attached hydrogen (secondary N) is 1. The monoisotopic (exact) mass is 350 g/mol. The van der Waals surface area contributed by atoms with E-state index in [-0.39, 0.29) is 23.3 Å². The van der Waals surface area contributed by atoms with Gasteiger partial charge in [0.1, 0.15) is 17.1 Å². The fraction of sp³-hybridized carbons (Fsp3) is 0.556. The molecule has 0 unspecified atom stereocenters. The summed E-state index contributed by atoms with van der Waals surface area (Å²) in [5.74, 6) is 0.170. The first-order valence-electron chi connectivity index (χ1n) is 8.35. The molecule has 0 radical (unpaired) electrons. The van der Waals surface area contributed by atoms with Crippen LogP contribution in [-0.2, 0) is 4.74 Å². The van der Waals surface area contributed by atoms with E-state index in [1.54, 1.807) is 17.0 Å². The molecule has 1 saturated heterocycles. The minimum absolute atomic E-state index is 0.0247. The highest BCUT2D eigenvalue weighted by atomic mass is 16.6. The Morgan fingerprint density at radius 2 is 1.88 bits per heavy atom. The Morgan fingerprint density at radius 1 is 1.24 bits per heavy atom. The summed E-state index contributed by atoms with van der Waals surface area (Å²) in [6.45, 7) is 6.45. The second kappa shape index (κ2) is 7.63. The Morgan fingerprint density at radius 3 is 2.40 bits per heavy atom. The molecule has 1 aromatic carbocycles. The van der Waals surface area contributed by atoms with E-state index < -0.39 is 11.7 Å². The average molecular weight is 350 g/mol. The van der Waals surface area contributed by atoms with Gasteiger partial charge in [0.05, 0.1) is 12.7 Å². The third kappa shape index (κ3) is 5.27. The minimum Gasteiger partial charge on any atom is -0.507 e. The molecular formula is C18H26N2O5. The Bertz CT molecular complexity index is 631. The van der Waals surface area contributed by atoms with Crippen LogP contribution >= 0.6 is 0 Å². The second-order valence-corrected chi connectivity index (χ2v) is 7.10. The van der Waals surface area contributed by atoms with Crippen molar-refractivity contribution in [3.8, 4) is 11.5 Å². The first kappa shape index (κ1) is 18.9. The number of rotatable bonds is 3. The molecule has 2 rings (SSSR count). The summed E-state index contributed by atoms with van der Waals surface area (Å²) in [7, 11) is 1.50. The van der Waals surface area contributed by atoms with E-state index >= 15 is 0 Å². The topological polar surface area (TPSA) is 88.1 Å². The van der Waals surface area contributed by atoms with Crippen LogP contribution in [0.2, 0.25) is 0 Å². The summed E-state index contributed by atoms with van der Waals surface area (Å²) in [6.07, 6.45) is 0.842. The molecule has 0 aliphatic carbocycles. The number of phenolic OH excluding ortho intramolecular Hbond substituents is 1. The van der Waals surface area contributed by atoms with E-state index in [4.69, 9.17) is 9.47 Å². The molecule has 1 aromatic rings. The van der Waals surface area contributed by atoms with Crippen molar-refractivity contribution in [3.05, 3.63) is 23.8 Å². The maximum Gasteiger partial charge on any atom is 0.407 e. The Balaban J connectivity index is 1.89. The van der Waals surface area contributed by atoms with Gasteiger partial charge in [-0.3, -0.25) is 4.79 Å². The molecule has 7 heteroatoms. The van der Waals surface area contributed by atoms with Gasteiger partial charge in [0, 0.05) is 25.2 Å². The summed E-state index contributed by atoms with van der Waals surface area (Å²) in [5, 5.41) is 12.8. The maximum atomic E-state index is 12.5. The van der Waals surface area contributed by atoms with Gasteiger partial charge in [-0.1, -0.05) is 0 Å². The zero-order chi connectivity index (χ0) is 18.6. The zero-order valence-electron chi connectivity index (χ0n) is 15.2. The molecule has 25 heavy (non-hydrogen) atoms. The summed E-state index contributed by atoms with van der Waals surface area (Å²) < 4.78 is 10.3. The first-order valence-corrected chi connectivity index (χ1v) is 8.35. The van der Waals surface area contributed by atoms with Crippen molar-refractivity contribution < 1.29 is 24.2 Å². The third-order valence-corrected chi connectivity index (χ3v) is 3.94. The van der Waals surface area contributed by atoms with Crippen molar-refractivity contribution in [2.45, 2.75) is 45.3 Å². The number of nitrogens with zero attached hydrogens (tertiary/aromatic N) is 1. The lowest BCUT2D eigenvalue weighted by Crippen LogP contribution is -2.47. The number of carbonyl (C=O) groups is 2. The van der Waals surface area contributed by atoms with E-state index in [1.807, 2.05) is 20.8 Å². The van der Waals surface area contributed by atoms with Crippen LogP contribution in [0.5, 0.6) is 11.5 Å². The third-order valence-electron chi connectivity index (χ3n) is 3.94. The number of amides is 2. The van der Waals surface area contributed by atoms with Crippen LogP contribution in [0.4, 0.5) is 4.79 Å². The van der Waals surface area contributed by atoms with E-state index in [9.17, 15) is 14.7 Å². The molecule has 1 fully saturated rings. The first-order chi connectivity index (χ1) is 11.7. The van der Waals surface area contributed by atoms with Gasteiger partial charge < -0.3 is 24.8 Å². The number of carbonyl (C=O) groups excluding carboxylic acids is 2. The number of phenols is 1. The van der Waals surface area contributed by atoms with Gasteiger partial charge in [0.15, 0.2) is 0 Å². The molecule has 1 heterocycles. The van der Waals surface area contributed by atoms with Crippen LogP contribution in [0.3, 0.4) is 0 Å². The highest BCUT2D eigenvalue weighted by Crippen LogP contribution is 2.25. The lowest BCUT2D eigenvalue weighted by molar-refractivity contribution is 0.0473. The summed E-state index contributed by atoms with van der Waals surface area (Å²) in [5.41, 5.74) is -0.286. The van der Waals surface area contributed by atoms with Crippen molar-refractivity contribution in [2.24, 2.45) is 0 Å². The number of likely N-dealkylation sites (tertiary alicyclic amines) is 1. The van der Waals surface area contributed by atoms with Crippen LogP contribution in [-0.4, -0.2) is 53.8 Å². The predicted octanol–water partition coefficient (Wildman–Crippen LogP) is 2.53. The quantitative estimate of drug-likeness (QED) is 0.874. The Hall–Kier alpha value is -2.44. The molecule has 0 aromatic heterocycles. The van der Waals surface area contributed by atoms with Gasteiger partial charge in [0.2, 0.25) is 0 Å². The summed E-state index contributed by atoms with van der Waals surface area (Å²) in [4.78, 5) is 26.0. The van der Waals surface area contributed by atoms with Crippen LogP contribution in [0, 0.1) is 0 Å². The molecule has 0 spiro atoms. The van der Waals surface area contributed by atoms with Gasteiger partial charge in [-0.25, -0.2) is 4.79 Å². The van der Waals surface area contributed by atoms with E-state index in [0.717, 1.165) is 0 Å². The van der Waals surface area contributed by atoms with Crippen LogP contribution in [0.15, 0.2) is 18.2 Å². The number of methoxy groups -OCH3 is 1. The largest absolute Gasteiger partial charge is 0.507 e. The molecule has 1 aliphatic rings. The van der Waals surface area contributed by atoms with Gasteiger partial charge in [-0.05, 0) is 45.7 Å². The van der Waals surface area contributed by atoms with Crippen molar-refractivity contribution in [1.29, 1.82) is 0 Å². The summed E-state index contributed by atoms with van der Waals surface area (Å²) >= 11 is 0. The molecule has 2 N–H and O–H groups in total. The van der Waals surface area contributed by atoms with Gasteiger partial charge >= 0.3 is 6.09 Å². The van der Waals surface area contributed by atoms with Crippen molar-refractivity contribution in [3.63, 3.8) is 0 Å². The number of alkyl carbamates (subject to hydrolysis) is 1. The van der Waals surface area contributed by atoms with E-state index in [2.05, 4.69) is 5.32 Å². The van der Waals surface area contributed by atoms with Crippen molar-refractivity contribution in [2.75, 3.05) is 20.2 Å². The van der Waals surface area contributed by atoms with Crippen molar-refractivity contribution in [1.82, 2.24) is 10.2 Å². The second-order valence-electron chi connectivity index (χ2n) is 7.10. The van der Waals surface area contributed by atoms with Crippen LogP contribution in [0.25, 0.3) is 0 Å². The zero-order valence-corrected chi connectivity index (χ0v) is 15.2. The highest BCUT2D eigenvalue weighted by Gasteiger charge is 2.27. The summed E-state index contributed by atoms with van der Waals surface area (Å²) in [6, 6.07) is 4.60. The minimum atomic E-state index is -0.535. The standard InChI is InChI=1S/C18H26N2O5/c1-18(2,3)25-17(23)19-12-7-9-20(10-8-12)16(22)14-6-5-13(24-4)11-15(14)21/h5-6,11-12,21H,7-10H2,1-4H3,(H,19,23). The number of hydrogen-bond acceptors (Lipinski definition) is 5. The lowest BCUT2D eigenvalue weighted by atomic mass is 10.0. The van der Waals surface area contributed by atoms with Gasteiger partial charge in [-0.15, -0.1) is 0 Å².